The highest BCUT2D eigenvalue weighted by atomic mass is 16.5. The Labute approximate surface area is 119 Å². The van der Waals surface area contributed by atoms with Crippen LogP contribution in [0.25, 0.3) is 0 Å². The van der Waals surface area contributed by atoms with Crippen LogP contribution >= 0.6 is 0 Å². The molecule has 2 heteroatoms. The Hall–Kier alpha value is -2.09. The van der Waals surface area contributed by atoms with Crippen LogP contribution < -0.4 is 4.74 Å². The first-order chi connectivity index (χ1) is 9.79. The Kier molecular flexibility index (Phi) is 3.55. The summed E-state index contributed by atoms with van der Waals surface area (Å²) in [5.41, 5.74) is 3.04. The van der Waals surface area contributed by atoms with Crippen molar-refractivity contribution in [1.82, 2.24) is 0 Å². The van der Waals surface area contributed by atoms with E-state index >= 15 is 0 Å². The molecule has 0 radical (unpaired) electrons. The number of carbonyl (C=O) groups is 1. The molecule has 20 heavy (non-hydrogen) atoms. The van der Waals surface area contributed by atoms with Gasteiger partial charge in [0.05, 0.1) is 6.61 Å². The molecule has 0 aromatic heterocycles. The number of fused-ring (bicyclic) bond motifs is 1. The summed E-state index contributed by atoms with van der Waals surface area (Å²) in [5.74, 6) is 1.07. The van der Waals surface area contributed by atoms with Crippen LogP contribution in [0.1, 0.15) is 40.7 Å². The first-order valence-corrected chi connectivity index (χ1v) is 7.14. The SMILES string of the molecule is CCC(C(=O)c1ccc2c(c1)CCO2)c1ccccc1. The minimum atomic E-state index is -0.0587. The summed E-state index contributed by atoms with van der Waals surface area (Å²) in [6.07, 6.45) is 1.72. The summed E-state index contributed by atoms with van der Waals surface area (Å²) < 4.78 is 5.49. The van der Waals surface area contributed by atoms with E-state index in [-0.39, 0.29) is 11.7 Å². The molecular weight excluding hydrogens is 248 g/mol. The number of Topliss-reactive ketones (excluding diaryl/α,β-unsaturated/α-hetero) is 1. The van der Waals surface area contributed by atoms with Crippen LogP contribution in [0.2, 0.25) is 0 Å². The van der Waals surface area contributed by atoms with Crippen LogP contribution in [-0.2, 0) is 6.42 Å². The van der Waals surface area contributed by atoms with Gasteiger partial charge in [-0.15, -0.1) is 0 Å². The third-order valence-electron chi connectivity index (χ3n) is 3.90. The van der Waals surface area contributed by atoms with Gasteiger partial charge in [0.15, 0.2) is 5.78 Å². The minimum Gasteiger partial charge on any atom is -0.493 e. The van der Waals surface area contributed by atoms with E-state index < -0.39 is 0 Å². The highest BCUT2D eigenvalue weighted by molar-refractivity contribution is 6.01. The third-order valence-corrected chi connectivity index (χ3v) is 3.90. The normalized spacial score (nSPS) is 14.4. The van der Waals surface area contributed by atoms with Crippen molar-refractivity contribution < 1.29 is 9.53 Å². The van der Waals surface area contributed by atoms with Crippen molar-refractivity contribution in [3.63, 3.8) is 0 Å². The predicted molar refractivity (Wildman–Crippen MR) is 79.4 cm³/mol. The van der Waals surface area contributed by atoms with Gasteiger partial charge in [-0.1, -0.05) is 37.3 Å². The molecule has 1 aliphatic heterocycles. The molecule has 0 N–H and O–H groups in total. The summed E-state index contributed by atoms with van der Waals surface area (Å²) in [4.78, 5) is 12.7. The monoisotopic (exact) mass is 266 g/mol. The summed E-state index contributed by atoms with van der Waals surface area (Å²) >= 11 is 0. The van der Waals surface area contributed by atoms with Crippen LogP contribution in [-0.4, -0.2) is 12.4 Å². The van der Waals surface area contributed by atoms with E-state index in [1.165, 1.54) is 0 Å². The summed E-state index contributed by atoms with van der Waals surface area (Å²) in [6.45, 7) is 2.79. The molecule has 0 saturated heterocycles. The van der Waals surface area contributed by atoms with Gasteiger partial charge in [0.1, 0.15) is 5.75 Å². The van der Waals surface area contributed by atoms with Crippen molar-refractivity contribution >= 4 is 5.78 Å². The number of rotatable bonds is 4. The highest BCUT2D eigenvalue weighted by Crippen LogP contribution is 2.29. The zero-order valence-electron chi connectivity index (χ0n) is 11.6. The molecule has 0 fully saturated rings. The van der Waals surface area contributed by atoms with Gasteiger partial charge < -0.3 is 4.74 Å². The molecule has 0 aliphatic carbocycles. The number of hydrogen-bond donors (Lipinski definition) is 0. The Balaban J connectivity index is 1.91. The van der Waals surface area contributed by atoms with E-state index in [1.807, 2.05) is 48.5 Å². The van der Waals surface area contributed by atoms with E-state index in [4.69, 9.17) is 4.74 Å². The lowest BCUT2D eigenvalue weighted by Gasteiger charge is -2.14. The quantitative estimate of drug-likeness (QED) is 0.782. The fourth-order valence-corrected chi connectivity index (χ4v) is 2.80. The van der Waals surface area contributed by atoms with Gasteiger partial charge >= 0.3 is 0 Å². The predicted octanol–water partition coefficient (Wildman–Crippen LogP) is 4.00. The molecular formula is C18H18O2. The zero-order chi connectivity index (χ0) is 13.9. The minimum absolute atomic E-state index is 0.0587. The van der Waals surface area contributed by atoms with Gasteiger partial charge in [-0.3, -0.25) is 4.79 Å². The smallest absolute Gasteiger partial charge is 0.170 e. The summed E-state index contributed by atoms with van der Waals surface area (Å²) in [7, 11) is 0. The topological polar surface area (TPSA) is 26.3 Å². The van der Waals surface area contributed by atoms with Crippen LogP contribution in [0.5, 0.6) is 5.75 Å². The molecule has 3 rings (SSSR count). The Morgan fingerprint density at radius 3 is 2.75 bits per heavy atom. The van der Waals surface area contributed by atoms with Crippen molar-refractivity contribution in [3.05, 3.63) is 65.2 Å². The average Bonchev–Trinajstić information content (AvgIpc) is 2.96. The molecule has 1 unspecified atom stereocenters. The number of ether oxygens (including phenoxy) is 1. The average molecular weight is 266 g/mol. The van der Waals surface area contributed by atoms with Crippen LogP contribution in [0.3, 0.4) is 0 Å². The second-order valence-corrected chi connectivity index (χ2v) is 5.16. The van der Waals surface area contributed by atoms with Crippen LogP contribution in [0.15, 0.2) is 48.5 Å². The van der Waals surface area contributed by atoms with E-state index in [0.717, 1.165) is 41.9 Å². The maximum absolute atomic E-state index is 12.7. The Morgan fingerprint density at radius 2 is 2.00 bits per heavy atom. The molecule has 102 valence electrons. The van der Waals surface area contributed by atoms with Crippen molar-refractivity contribution in [2.75, 3.05) is 6.61 Å². The second kappa shape index (κ2) is 5.49. The number of ketones is 1. The first kappa shape index (κ1) is 12.9. The van der Waals surface area contributed by atoms with Crippen LogP contribution in [0.4, 0.5) is 0 Å². The van der Waals surface area contributed by atoms with Gasteiger partial charge in [-0.2, -0.15) is 0 Å². The molecule has 0 amide bonds. The molecule has 1 atom stereocenters. The number of carbonyl (C=O) groups excluding carboxylic acids is 1. The second-order valence-electron chi connectivity index (χ2n) is 5.16. The zero-order valence-corrected chi connectivity index (χ0v) is 11.6. The lowest BCUT2D eigenvalue weighted by atomic mass is 9.88. The van der Waals surface area contributed by atoms with Gasteiger partial charge in [0.2, 0.25) is 0 Å². The molecule has 2 nitrogen and oxygen atoms in total. The van der Waals surface area contributed by atoms with Gasteiger partial charge in [-0.25, -0.2) is 0 Å². The summed E-state index contributed by atoms with van der Waals surface area (Å²) in [6, 6.07) is 15.8. The third kappa shape index (κ3) is 2.34. The van der Waals surface area contributed by atoms with E-state index in [0.29, 0.717) is 0 Å². The van der Waals surface area contributed by atoms with E-state index in [2.05, 4.69) is 6.92 Å². The largest absolute Gasteiger partial charge is 0.493 e. The van der Waals surface area contributed by atoms with Crippen molar-refractivity contribution in [1.29, 1.82) is 0 Å². The fraction of sp³-hybridized carbons (Fsp3) is 0.278. The van der Waals surface area contributed by atoms with Gasteiger partial charge in [0.25, 0.3) is 0 Å². The molecule has 0 spiro atoms. The molecule has 1 aliphatic rings. The lowest BCUT2D eigenvalue weighted by Crippen LogP contribution is -2.12. The van der Waals surface area contributed by atoms with Gasteiger partial charge in [0, 0.05) is 17.9 Å². The highest BCUT2D eigenvalue weighted by Gasteiger charge is 2.22. The first-order valence-electron chi connectivity index (χ1n) is 7.14. The van der Waals surface area contributed by atoms with Crippen molar-refractivity contribution in [2.45, 2.75) is 25.7 Å². The molecule has 2 aromatic carbocycles. The van der Waals surface area contributed by atoms with Gasteiger partial charge in [-0.05, 0) is 35.7 Å². The van der Waals surface area contributed by atoms with Crippen molar-refractivity contribution in [3.8, 4) is 5.75 Å². The van der Waals surface area contributed by atoms with E-state index in [9.17, 15) is 4.79 Å². The fourth-order valence-electron chi connectivity index (χ4n) is 2.80. The maximum Gasteiger partial charge on any atom is 0.170 e. The van der Waals surface area contributed by atoms with Crippen molar-refractivity contribution in [2.24, 2.45) is 0 Å². The molecule has 0 saturated carbocycles. The molecule has 2 aromatic rings. The molecule has 1 heterocycles. The molecule has 0 bridgehead atoms. The maximum atomic E-state index is 12.7. The summed E-state index contributed by atoms with van der Waals surface area (Å²) in [5, 5.41) is 0. The standard InChI is InChI=1S/C18H18O2/c1-2-16(13-6-4-3-5-7-13)18(19)15-8-9-17-14(12-15)10-11-20-17/h3-9,12,16H,2,10-11H2,1H3. The number of benzene rings is 2. The number of hydrogen-bond acceptors (Lipinski definition) is 2. The lowest BCUT2D eigenvalue weighted by molar-refractivity contribution is 0.0957. The van der Waals surface area contributed by atoms with E-state index in [1.54, 1.807) is 0 Å². The van der Waals surface area contributed by atoms with Crippen LogP contribution in [0, 0.1) is 0 Å². The Bertz CT molecular complexity index is 617. The Morgan fingerprint density at radius 1 is 1.20 bits per heavy atom.